The Bertz CT molecular complexity index is 408. The van der Waals surface area contributed by atoms with Gasteiger partial charge < -0.3 is 4.74 Å². The average molecular weight is 268 g/mol. The SMILES string of the molecule is O=[N+]([O-])c1ccccc1SCCN1CCOCC1. The molecule has 0 N–H and O–H groups in total. The Morgan fingerprint density at radius 3 is 2.78 bits per heavy atom. The van der Waals surface area contributed by atoms with E-state index < -0.39 is 0 Å². The molecule has 2 rings (SSSR count). The van der Waals surface area contributed by atoms with Crippen molar-refractivity contribution in [3.63, 3.8) is 0 Å². The Kier molecular flexibility index (Phi) is 4.98. The Hall–Kier alpha value is -1.11. The van der Waals surface area contributed by atoms with Crippen molar-refractivity contribution in [1.29, 1.82) is 0 Å². The normalized spacial score (nSPS) is 16.7. The predicted molar refractivity (Wildman–Crippen MR) is 71.1 cm³/mol. The first-order chi connectivity index (χ1) is 8.77. The van der Waals surface area contributed by atoms with Crippen LogP contribution in [-0.4, -0.2) is 48.4 Å². The molecule has 0 radical (unpaired) electrons. The second kappa shape index (κ2) is 6.72. The molecule has 0 unspecified atom stereocenters. The van der Waals surface area contributed by atoms with Crippen molar-refractivity contribution >= 4 is 17.4 Å². The number of nitro benzene ring substituents is 1. The zero-order chi connectivity index (χ0) is 12.8. The second-order valence-electron chi connectivity index (χ2n) is 4.03. The Morgan fingerprint density at radius 1 is 1.33 bits per heavy atom. The highest BCUT2D eigenvalue weighted by Gasteiger charge is 2.14. The summed E-state index contributed by atoms with van der Waals surface area (Å²) in [5.41, 5.74) is 0.199. The van der Waals surface area contributed by atoms with Gasteiger partial charge in [0.2, 0.25) is 0 Å². The molecule has 1 heterocycles. The lowest BCUT2D eigenvalue weighted by molar-refractivity contribution is -0.387. The number of hydrogen-bond acceptors (Lipinski definition) is 5. The Labute approximate surface area is 110 Å². The fraction of sp³-hybridized carbons (Fsp3) is 0.500. The van der Waals surface area contributed by atoms with Crippen molar-refractivity contribution in [2.75, 3.05) is 38.6 Å². The van der Waals surface area contributed by atoms with Gasteiger partial charge in [0.15, 0.2) is 0 Å². The van der Waals surface area contributed by atoms with Crippen LogP contribution in [-0.2, 0) is 4.74 Å². The summed E-state index contributed by atoms with van der Waals surface area (Å²) in [4.78, 5) is 13.6. The largest absolute Gasteiger partial charge is 0.379 e. The molecule has 0 atom stereocenters. The smallest absolute Gasteiger partial charge is 0.282 e. The predicted octanol–water partition coefficient (Wildman–Crippen LogP) is 2.02. The summed E-state index contributed by atoms with van der Waals surface area (Å²) in [7, 11) is 0. The third-order valence-electron chi connectivity index (χ3n) is 2.83. The third-order valence-corrected chi connectivity index (χ3v) is 3.87. The first-order valence-corrected chi connectivity index (χ1v) is 6.92. The Balaban J connectivity index is 1.84. The summed E-state index contributed by atoms with van der Waals surface area (Å²) in [5, 5.41) is 10.9. The van der Waals surface area contributed by atoms with Gasteiger partial charge in [0, 0.05) is 31.5 Å². The monoisotopic (exact) mass is 268 g/mol. The van der Waals surface area contributed by atoms with Crippen molar-refractivity contribution < 1.29 is 9.66 Å². The van der Waals surface area contributed by atoms with Crippen LogP contribution in [0.3, 0.4) is 0 Å². The van der Waals surface area contributed by atoms with Crippen LogP contribution in [0.2, 0.25) is 0 Å². The molecule has 0 saturated carbocycles. The molecule has 18 heavy (non-hydrogen) atoms. The number of hydrogen-bond donors (Lipinski definition) is 0. The fourth-order valence-corrected chi connectivity index (χ4v) is 2.87. The van der Waals surface area contributed by atoms with Gasteiger partial charge >= 0.3 is 0 Å². The van der Waals surface area contributed by atoms with Crippen LogP contribution in [0.15, 0.2) is 29.2 Å². The molecule has 1 aliphatic heterocycles. The molecule has 0 aliphatic carbocycles. The van der Waals surface area contributed by atoms with Crippen LogP contribution < -0.4 is 0 Å². The van der Waals surface area contributed by atoms with Crippen molar-refractivity contribution in [2.45, 2.75) is 4.90 Å². The van der Waals surface area contributed by atoms with Crippen molar-refractivity contribution in [3.8, 4) is 0 Å². The first-order valence-electron chi connectivity index (χ1n) is 5.93. The summed E-state index contributed by atoms with van der Waals surface area (Å²) in [6, 6.07) is 6.90. The number of morpholine rings is 1. The third kappa shape index (κ3) is 3.69. The highest BCUT2D eigenvalue weighted by molar-refractivity contribution is 7.99. The maximum atomic E-state index is 10.9. The molecule has 6 heteroatoms. The molecular formula is C12H16N2O3S. The summed E-state index contributed by atoms with van der Waals surface area (Å²) in [6.45, 7) is 4.43. The van der Waals surface area contributed by atoms with E-state index in [9.17, 15) is 10.1 Å². The van der Waals surface area contributed by atoms with Crippen molar-refractivity contribution in [1.82, 2.24) is 4.90 Å². The number of rotatable bonds is 5. The molecule has 5 nitrogen and oxygen atoms in total. The molecular weight excluding hydrogens is 252 g/mol. The number of nitrogens with zero attached hydrogens (tertiary/aromatic N) is 2. The summed E-state index contributed by atoms with van der Waals surface area (Å²) in [5.74, 6) is 0.866. The van der Waals surface area contributed by atoms with E-state index >= 15 is 0 Å². The number of benzene rings is 1. The van der Waals surface area contributed by atoms with Crippen LogP contribution in [0, 0.1) is 10.1 Å². The summed E-state index contributed by atoms with van der Waals surface area (Å²) in [6.07, 6.45) is 0. The van der Waals surface area contributed by atoms with Crippen molar-refractivity contribution in [2.24, 2.45) is 0 Å². The van der Waals surface area contributed by atoms with E-state index in [1.165, 1.54) is 0 Å². The van der Waals surface area contributed by atoms with E-state index in [1.807, 2.05) is 12.1 Å². The molecule has 1 saturated heterocycles. The summed E-state index contributed by atoms with van der Waals surface area (Å²) >= 11 is 1.54. The number of thioether (sulfide) groups is 1. The zero-order valence-electron chi connectivity index (χ0n) is 10.1. The van der Waals surface area contributed by atoms with E-state index in [1.54, 1.807) is 23.9 Å². The minimum atomic E-state index is -0.322. The molecule has 1 aromatic rings. The molecule has 0 bridgehead atoms. The quantitative estimate of drug-likeness (QED) is 0.464. The molecule has 0 spiro atoms. The van der Waals surface area contributed by atoms with Gasteiger partial charge in [0.1, 0.15) is 0 Å². The maximum Gasteiger partial charge on any atom is 0.282 e. The van der Waals surface area contributed by atoms with Crippen LogP contribution in [0.1, 0.15) is 0 Å². The lowest BCUT2D eigenvalue weighted by Gasteiger charge is -2.26. The highest BCUT2D eigenvalue weighted by Crippen LogP contribution is 2.28. The van der Waals surface area contributed by atoms with Gasteiger partial charge in [-0.25, -0.2) is 0 Å². The molecule has 0 amide bonds. The number of para-hydroxylation sites is 1. The average Bonchev–Trinajstić information content (AvgIpc) is 2.40. The lowest BCUT2D eigenvalue weighted by Crippen LogP contribution is -2.37. The van der Waals surface area contributed by atoms with Gasteiger partial charge in [-0.2, -0.15) is 0 Å². The number of nitro groups is 1. The molecule has 1 aliphatic rings. The van der Waals surface area contributed by atoms with Gasteiger partial charge in [-0.05, 0) is 6.07 Å². The molecule has 1 aromatic carbocycles. The molecule has 98 valence electrons. The van der Waals surface area contributed by atoms with E-state index in [0.29, 0.717) is 0 Å². The standard InChI is InChI=1S/C12H16N2O3S/c15-14(16)11-3-1-2-4-12(11)18-10-7-13-5-8-17-9-6-13/h1-4H,5-10H2. The van der Waals surface area contributed by atoms with E-state index in [-0.39, 0.29) is 10.6 Å². The van der Waals surface area contributed by atoms with Gasteiger partial charge in [-0.3, -0.25) is 15.0 Å². The van der Waals surface area contributed by atoms with Crippen molar-refractivity contribution in [3.05, 3.63) is 34.4 Å². The topological polar surface area (TPSA) is 55.6 Å². The van der Waals surface area contributed by atoms with E-state index in [0.717, 1.165) is 43.5 Å². The minimum absolute atomic E-state index is 0.199. The Morgan fingerprint density at radius 2 is 2.06 bits per heavy atom. The van der Waals surface area contributed by atoms with Gasteiger partial charge in [0.05, 0.1) is 23.0 Å². The van der Waals surface area contributed by atoms with E-state index in [2.05, 4.69) is 4.90 Å². The van der Waals surface area contributed by atoms with Crippen LogP contribution in [0.25, 0.3) is 0 Å². The molecule has 0 aromatic heterocycles. The van der Waals surface area contributed by atoms with E-state index in [4.69, 9.17) is 4.74 Å². The van der Waals surface area contributed by atoms with Gasteiger partial charge in [-0.1, -0.05) is 12.1 Å². The van der Waals surface area contributed by atoms with Crippen LogP contribution in [0.5, 0.6) is 0 Å². The van der Waals surface area contributed by atoms with Gasteiger partial charge in [0.25, 0.3) is 5.69 Å². The maximum absolute atomic E-state index is 10.9. The lowest BCUT2D eigenvalue weighted by atomic mass is 10.3. The molecule has 1 fully saturated rings. The fourth-order valence-electron chi connectivity index (χ4n) is 1.84. The number of ether oxygens (including phenoxy) is 1. The highest BCUT2D eigenvalue weighted by atomic mass is 32.2. The summed E-state index contributed by atoms with van der Waals surface area (Å²) < 4.78 is 5.28. The zero-order valence-corrected chi connectivity index (χ0v) is 10.9. The van der Waals surface area contributed by atoms with Crippen LogP contribution >= 0.6 is 11.8 Å². The van der Waals surface area contributed by atoms with Crippen LogP contribution in [0.4, 0.5) is 5.69 Å². The van der Waals surface area contributed by atoms with Gasteiger partial charge in [-0.15, -0.1) is 11.8 Å². The first kappa shape index (κ1) is 13.3. The second-order valence-corrected chi connectivity index (χ2v) is 5.16. The minimum Gasteiger partial charge on any atom is -0.379 e.